The van der Waals surface area contributed by atoms with Crippen LogP contribution in [0.5, 0.6) is 11.5 Å². The highest BCUT2D eigenvalue weighted by molar-refractivity contribution is 7.92. The van der Waals surface area contributed by atoms with Gasteiger partial charge in [0.1, 0.15) is 23.4 Å². The average molecular weight is 536 g/mol. The number of fused-ring (bicyclic) bond motifs is 1. The molecule has 3 aromatic carbocycles. The number of halogens is 3. The van der Waals surface area contributed by atoms with Gasteiger partial charge in [0.25, 0.3) is 10.0 Å². The second-order valence-corrected chi connectivity index (χ2v) is 10.7. The predicted molar refractivity (Wildman–Crippen MR) is 130 cm³/mol. The molecule has 0 aromatic heterocycles. The lowest BCUT2D eigenvalue weighted by Crippen LogP contribution is -2.46. The molecule has 1 N–H and O–H groups in total. The second kappa shape index (κ2) is 10.3. The van der Waals surface area contributed by atoms with E-state index in [0.29, 0.717) is 5.56 Å². The number of carboxylic acid groups (broad SMARTS) is 1. The summed E-state index contributed by atoms with van der Waals surface area (Å²) in [5.74, 6) is -2.57. The van der Waals surface area contributed by atoms with Crippen LogP contribution >= 0.6 is 0 Å². The van der Waals surface area contributed by atoms with E-state index >= 15 is 0 Å². The number of hydrogen-bond acceptors (Lipinski definition) is 5. The van der Waals surface area contributed by atoms with Crippen LogP contribution in [-0.2, 0) is 14.8 Å². The summed E-state index contributed by atoms with van der Waals surface area (Å²) in [6.45, 7) is 0.105. The lowest BCUT2D eigenvalue weighted by atomic mass is 9.98. The van der Waals surface area contributed by atoms with Gasteiger partial charge in [-0.15, -0.1) is 0 Å². The van der Waals surface area contributed by atoms with E-state index in [1.54, 1.807) is 26.0 Å². The Morgan fingerprint density at radius 1 is 1.14 bits per heavy atom. The van der Waals surface area contributed by atoms with Gasteiger partial charge in [0.2, 0.25) is 0 Å². The lowest BCUT2D eigenvalue weighted by Gasteiger charge is -2.38. The van der Waals surface area contributed by atoms with E-state index in [9.17, 15) is 31.5 Å². The van der Waals surface area contributed by atoms with Crippen LogP contribution < -0.4 is 13.8 Å². The summed E-state index contributed by atoms with van der Waals surface area (Å²) >= 11 is 0. The molecule has 1 aliphatic rings. The molecule has 1 heterocycles. The van der Waals surface area contributed by atoms with E-state index in [0.717, 1.165) is 22.0 Å². The van der Waals surface area contributed by atoms with Crippen LogP contribution in [0.3, 0.4) is 0 Å². The number of sulfonamides is 1. The minimum atomic E-state index is -4.12. The van der Waals surface area contributed by atoms with Crippen molar-refractivity contribution < 1.29 is 41.0 Å². The van der Waals surface area contributed by atoms with Gasteiger partial charge in [-0.2, -0.15) is 8.78 Å². The van der Waals surface area contributed by atoms with Crippen molar-refractivity contribution in [3.8, 4) is 22.6 Å². The number of anilines is 1. The van der Waals surface area contributed by atoms with Gasteiger partial charge in [-0.25, -0.2) is 12.8 Å². The van der Waals surface area contributed by atoms with E-state index in [4.69, 9.17) is 4.74 Å². The van der Waals surface area contributed by atoms with Crippen LogP contribution in [0.4, 0.5) is 18.9 Å². The van der Waals surface area contributed by atoms with Gasteiger partial charge in [-0.05, 0) is 60.0 Å². The summed E-state index contributed by atoms with van der Waals surface area (Å²) in [5, 5.41) is 9.23. The van der Waals surface area contributed by atoms with Crippen LogP contribution in [0, 0.1) is 18.7 Å². The van der Waals surface area contributed by atoms with Gasteiger partial charge in [0, 0.05) is 12.0 Å². The summed E-state index contributed by atoms with van der Waals surface area (Å²) in [5.41, 5.74) is 1.40. The molecule has 0 fully saturated rings. The largest absolute Gasteiger partial charge is 0.486 e. The number of rotatable bonds is 8. The molecular weight excluding hydrogens is 511 g/mol. The molecule has 3 aromatic rings. The first-order valence-corrected chi connectivity index (χ1v) is 12.8. The van der Waals surface area contributed by atoms with Crippen molar-refractivity contribution in [3.63, 3.8) is 0 Å². The van der Waals surface area contributed by atoms with Crippen molar-refractivity contribution in [1.29, 1.82) is 0 Å². The summed E-state index contributed by atoms with van der Waals surface area (Å²) in [7, 11) is -4.12. The Kier molecular flexibility index (Phi) is 7.35. The van der Waals surface area contributed by atoms with E-state index in [-0.39, 0.29) is 40.6 Å². The standard InChI is InChI=1S/C26H24F3NO6S/c1-15-4-3-5-21(8-15)37(33,34)30-14-24(16(2)9-25(31)32)36-23-7-6-17(12-22(23)30)18-10-19(27)13-20(11-18)35-26(28)29/h3-8,10-13,16,24,26H,9,14H2,1-2H3,(H,31,32)/t16-,24-/m1/s1. The number of ether oxygens (including phenoxy) is 2. The fraction of sp³-hybridized carbons (Fsp3) is 0.269. The third kappa shape index (κ3) is 5.82. The minimum Gasteiger partial charge on any atom is -0.486 e. The first kappa shape index (κ1) is 26.3. The van der Waals surface area contributed by atoms with Crippen LogP contribution in [0.15, 0.2) is 65.6 Å². The number of aryl methyl sites for hydroxylation is 1. The Balaban J connectivity index is 1.82. The van der Waals surface area contributed by atoms with E-state index < -0.39 is 40.4 Å². The van der Waals surface area contributed by atoms with Crippen molar-refractivity contribution in [2.24, 2.45) is 5.92 Å². The zero-order chi connectivity index (χ0) is 26.9. The number of alkyl halides is 2. The molecule has 1 aliphatic heterocycles. The molecule has 7 nitrogen and oxygen atoms in total. The Hall–Kier alpha value is -3.73. The van der Waals surface area contributed by atoms with Gasteiger partial charge in [-0.3, -0.25) is 9.10 Å². The third-order valence-corrected chi connectivity index (χ3v) is 7.77. The summed E-state index contributed by atoms with van der Waals surface area (Å²) in [6, 6.07) is 14.0. The Bertz CT molecular complexity index is 1430. The van der Waals surface area contributed by atoms with E-state index in [1.165, 1.54) is 36.4 Å². The van der Waals surface area contributed by atoms with Gasteiger partial charge >= 0.3 is 12.6 Å². The summed E-state index contributed by atoms with van der Waals surface area (Å²) < 4.78 is 78.6. The Labute approximate surface area is 212 Å². The van der Waals surface area contributed by atoms with Crippen molar-refractivity contribution in [3.05, 3.63) is 72.0 Å². The summed E-state index contributed by atoms with van der Waals surface area (Å²) in [6.07, 6.45) is -0.985. The van der Waals surface area contributed by atoms with E-state index in [1.807, 2.05) is 0 Å². The summed E-state index contributed by atoms with van der Waals surface area (Å²) in [4.78, 5) is 11.3. The molecule has 37 heavy (non-hydrogen) atoms. The number of carboxylic acids is 1. The van der Waals surface area contributed by atoms with E-state index in [2.05, 4.69) is 4.74 Å². The first-order chi connectivity index (χ1) is 17.4. The molecule has 0 saturated carbocycles. The number of benzene rings is 3. The second-order valence-electron chi connectivity index (χ2n) is 8.82. The fourth-order valence-electron chi connectivity index (χ4n) is 4.19. The van der Waals surface area contributed by atoms with Crippen molar-refractivity contribution >= 4 is 21.7 Å². The number of aliphatic carboxylic acids is 1. The average Bonchev–Trinajstić information content (AvgIpc) is 2.81. The minimum absolute atomic E-state index is 0.0359. The molecule has 0 saturated heterocycles. The molecule has 0 spiro atoms. The highest BCUT2D eigenvalue weighted by Gasteiger charge is 2.37. The highest BCUT2D eigenvalue weighted by atomic mass is 32.2. The van der Waals surface area contributed by atoms with Crippen LogP contribution in [0.1, 0.15) is 18.9 Å². The zero-order valence-electron chi connectivity index (χ0n) is 19.9. The van der Waals surface area contributed by atoms with Crippen LogP contribution in [0.25, 0.3) is 11.1 Å². The quantitative estimate of drug-likeness (QED) is 0.411. The van der Waals surface area contributed by atoms with Crippen LogP contribution in [-0.4, -0.2) is 38.8 Å². The molecule has 196 valence electrons. The Morgan fingerprint density at radius 3 is 2.57 bits per heavy atom. The normalized spacial score (nSPS) is 16.2. The fourth-order valence-corrected chi connectivity index (χ4v) is 5.77. The molecule has 0 amide bonds. The zero-order valence-corrected chi connectivity index (χ0v) is 20.7. The van der Waals surface area contributed by atoms with Gasteiger partial charge < -0.3 is 14.6 Å². The molecule has 0 aliphatic carbocycles. The molecule has 0 unspecified atom stereocenters. The maximum absolute atomic E-state index is 14.2. The highest BCUT2D eigenvalue weighted by Crippen LogP contribution is 2.42. The topological polar surface area (TPSA) is 93.1 Å². The maximum atomic E-state index is 14.2. The third-order valence-electron chi connectivity index (χ3n) is 5.99. The molecule has 4 rings (SSSR count). The SMILES string of the molecule is Cc1cccc(S(=O)(=O)N2C[C@H]([C@H](C)CC(=O)O)Oc3ccc(-c4cc(F)cc(OC(F)F)c4)cc32)c1. The van der Waals surface area contributed by atoms with Crippen molar-refractivity contribution in [1.82, 2.24) is 0 Å². The molecule has 0 bridgehead atoms. The smallest absolute Gasteiger partial charge is 0.387 e. The Morgan fingerprint density at radius 2 is 1.89 bits per heavy atom. The van der Waals surface area contributed by atoms with Gasteiger partial charge in [0.05, 0.1) is 23.5 Å². The van der Waals surface area contributed by atoms with Gasteiger partial charge in [0.15, 0.2) is 0 Å². The van der Waals surface area contributed by atoms with Crippen LogP contribution in [0.2, 0.25) is 0 Å². The number of carbonyl (C=O) groups is 1. The lowest BCUT2D eigenvalue weighted by molar-refractivity contribution is -0.138. The van der Waals surface area contributed by atoms with Gasteiger partial charge in [-0.1, -0.05) is 25.1 Å². The first-order valence-electron chi connectivity index (χ1n) is 11.3. The molecular formula is C26H24F3NO6S. The van der Waals surface area contributed by atoms with Crippen molar-refractivity contribution in [2.75, 3.05) is 10.8 Å². The molecule has 2 atom stereocenters. The molecule has 11 heteroatoms. The number of hydrogen-bond donors (Lipinski definition) is 1. The predicted octanol–water partition coefficient (Wildman–Crippen LogP) is 5.47. The van der Waals surface area contributed by atoms with Crippen molar-refractivity contribution in [2.45, 2.75) is 37.9 Å². The number of nitrogens with zero attached hydrogens (tertiary/aromatic N) is 1. The maximum Gasteiger partial charge on any atom is 0.387 e. The monoisotopic (exact) mass is 535 g/mol. The molecule has 0 radical (unpaired) electrons.